The average Bonchev–Trinajstić information content (AvgIpc) is 2.45. The molecule has 0 fully saturated rings. The molecular formula is C14H15N3O2S2. The lowest BCUT2D eigenvalue weighted by Crippen LogP contribution is -2.07. The van der Waals surface area contributed by atoms with Crippen LogP contribution < -0.4 is 4.90 Å². The fourth-order valence-electron chi connectivity index (χ4n) is 1.62. The second-order valence-corrected chi connectivity index (χ2v) is 7.36. The van der Waals surface area contributed by atoms with Crippen molar-refractivity contribution in [1.82, 2.24) is 0 Å². The predicted octanol–water partition coefficient (Wildman–Crippen LogP) is 3.75. The molecule has 2 rings (SSSR count). The first-order valence-corrected chi connectivity index (χ1v) is 8.57. The quantitative estimate of drug-likeness (QED) is 0.871. The molecule has 0 aromatic heterocycles. The second-order valence-electron chi connectivity index (χ2n) is 4.58. The van der Waals surface area contributed by atoms with Crippen LogP contribution in [0.1, 0.15) is 0 Å². The molecule has 0 saturated carbocycles. The maximum Gasteiger partial charge on any atom is 0.171 e. The molecule has 2 aromatic rings. The molecule has 1 atom stereocenters. The summed E-state index contributed by atoms with van der Waals surface area (Å²) in [6.07, 6.45) is 0. The molecule has 110 valence electrons. The van der Waals surface area contributed by atoms with Crippen molar-refractivity contribution in [2.75, 3.05) is 19.0 Å². The molecule has 0 amide bonds. The monoisotopic (exact) mass is 321 g/mol. The Morgan fingerprint density at radius 2 is 1.38 bits per heavy atom. The third-order valence-corrected chi connectivity index (χ3v) is 4.23. The first-order chi connectivity index (χ1) is 9.86. The van der Waals surface area contributed by atoms with Gasteiger partial charge in [-0.25, -0.2) is 4.21 Å². The number of rotatable bonds is 4. The summed E-state index contributed by atoms with van der Waals surface area (Å²) in [7, 11) is 0.594. The van der Waals surface area contributed by atoms with E-state index < -0.39 is 8.77 Å². The summed E-state index contributed by atoms with van der Waals surface area (Å²) in [5.41, 5.74) is 2.41. The fraction of sp³-hybridized carbons (Fsp3) is 0.143. The van der Waals surface area contributed by atoms with Gasteiger partial charge < -0.3 is 9.45 Å². The van der Waals surface area contributed by atoms with Crippen LogP contribution in [-0.2, 0) is 20.0 Å². The van der Waals surface area contributed by atoms with Gasteiger partial charge in [0.1, 0.15) is 0 Å². The minimum Gasteiger partial charge on any atom is -0.378 e. The van der Waals surface area contributed by atoms with E-state index in [-0.39, 0.29) is 4.90 Å². The predicted molar refractivity (Wildman–Crippen MR) is 87.8 cm³/mol. The van der Waals surface area contributed by atoms with Crippen molar-refractivity contribution < 1.29 is 8.76 Å². The van der Waals surface area contributed by atoms with Crippen molar-refractivity contribution in [1.29, 1.82) is 0 Å². The zero-order valence-corrected chi connectivity index (χ0v) is 13.3. The van der Waals surface area contributed by atoms with Gasteiger partial charge in [0.05, 0.1) is 16.3 Å². The lowest BCUT2D eigenvalue weighted by Gasteiger charge is -2.11. The molecular weight excluding hydrogens is 306 g/mol. The van der Waals surface area contributed by atoms with Crippen molar-refractivity contribution >= 4 is 37.0 Å². The van der Waals surface area contributed by atoms with Gasteiger partial charge in [-0.15, -0.1) is 0 Å². The lowest BCUT2D eigenvalue weighted by atomic mass is 10.3. The van der Waals surface area contributed by atoms with Gasteiger partial charge in [0.25, 0.3) is 0 Å². The van der Waals surface area contributed by atoms with Gasteiger partial charge in [-0.2, -0.15) is 10.2 Å². The zero-order valence-electron chi connectivity index (χ0n) is 11.6. The molecule has 0 aliphatic carbocycles. The van der Waals surface area contributed by atoms with E-state index in [2.05, 4.69) is 21.4 Å². The van der Waals surface area contributed by atoms with E-state index in [9.17, 15) is 8.76 Å². The summed E-state index contributed by atoms with van der Waals surface area (Å²) in [5, 5.41) is 8.19. The molecule has 21 heavy (non-hydrogen) atoms. The van der Waals surface area contributed by atoms with Crippen molar-refractivity contribution in [2.24, 2.45) is 10.2 Å². The van der Waals surface area contributed by atoms with Crippen LogP contribution in [0.2, 0.25) is 0 Å². The summed E-state index contributed by atoms with van der Waals surface area (Å²) in [6, 6.07) is 13.8. The Kier molecular flexibility index (Phi) is 4.66. The summed E-state index contributed by atoms with van der Waals surface area (Å²) < 4.78 is 20.5. The molecule has 2 aromatic carbocycles. The van der Waals surface area contributed by atoms with Gasteiger partial charge in [0.15, 0.2) is 8.77 Å². The first kappa shape index (κ1) is 15.6. The smallest absolute Gasteiger partial charge is 0.171 e. The molecule has 0 aliphatic heterocycles. The summed E-state index contributed by atoms with van der Waals surface area (Å²) in [5.74, 6) is 0. The SMILES string of the molecule is CN(C)c1ccc(N=Nc2ccc(S(=O)(O)=S)cc2)cc1. The van der Waals surface area contributed by atoms with Gasteiger partial charge in [0, 0.05) is 31.0 Å². The van der Waals surface area contributed by atoms with E-state index in [1.165, 1.54) is 12.1 Å². The topological polar surface area (TPSA) is 65.3 Å². The highest BCUT2D eigenvalue weighted by molar-refractivity contribution is 8.29. The van der Waals surface area contributed by atoms with Crippen LogP contribution in [-0.4, -0.2) is 22.9 Å². The minimum absolute atomic E-state index is 0.201. The molecule has 5 nitrogen and oxygen atoms in total. The lowest BCUT2D eigenvalue weighted by molar-refractivity contribution is 0.561. The van der Waals surface area contributed by atoms with Crippen LogP contribution in [0.4, 0.5) is 17.1 Å². The maximum absolute atomic E-state index is 11.3. The normalized spacial score (nSPS) is 14.0. The van der Waals surface area contributed by atoms with E-state index in [1.54, 1.807) is 12.1 Å². The summed E-state index contributed by atoms with van der Waals surface area (Å²) in [4.78, 5) is 2.20. The first-order valence-electron chi connectivity index (χ1n) is 6.13. The largest absolute Gasteiger partial charge is 0.378 e. The van der Waals surface area contributed by atoms with Crippen molar-refractivity contribution in [3.63, 3.8) is 0 Å². The average molecular weight is 321 g/mol. The van der Waals surface area contributed by atoms with Crippen LogP contribution in [0, 0.1) is 0 Å². The van der Waals surface area contributed by atoms with Gasteiger partial charge in [-0.1, -0.05) is 0 Å². The van der Waals surface area contributed by atoms with Crippen LogP contribution in [0.5, 0.6) is 0 Å². The van der Waals surface area contributed by atoms with E-state index >= 15 is 0 Å². The molecule has 0 aliphatic rings. The van der Waals surface area contributed by atoms with E-state index in [4.69, 9.17) is 0 Å². The zero-order chi connectivity index (χ0) is 15.5. The molecule has 0 bridgehead atoms. The number of anilines is 1. The summed E-state index contributed by atoms with van der Waals surface area (Å²) >= 11 is 4.49. The van der Waals surface area contributed by atoms with Gasteiger partial charge in [-0.3, -0.25) is 0 Å². The van der Waals surface area contributed by atoms with Crippen molar-refractivity contribution in [3.8, 4) is 0 Å². The number of hydrogen-bond donors (Lipinski definition) is 1. The number of hydrogen-bond acceptors (Lipinski definition) is 5. The van der Waals surface area contributed by atoms with E-state index in [0.29, 0.717) is 5.69 Å². The molecule has 1 unspecified atom stereocenters. The third kappa shape index (κ3) is 4.32. The third-order valence-electron chi connectivity index (χ3n) is 2.78. The highest BCUT2D eigenvalue weighted by Crippen LogP contribution is 2.22. The standard InChI is InChI=1S/C14H15N3O2S2/c1-17(2)13-7-3-11(4-8-13)15-16-12-5-9-14(10-6-12)21(18,19)20/h3-10H,1-2H3,(H,18,19,20). The van der Waals surface area contributed by atoms with Gasteiger partial charge in [-0.05, 0) is 48.5 Å². The Morgan fingerprint density at radius 3 is 1.76 bits per heavy atom. The molecule has 0 heterocycles. The fourth-order valence-corrected chi connectivity index (χ4v) is 2.43. The van der Waals surface area contributed by atoms with Crippen molar-refractivity contribution in [2.45, 2.75) is 4.90 Å². The Morgan fingerprint density at radius 1 is 0.952 bits per heavy atom. The van der Waals surface area contributed by atoms with E-state index in [1.807, 2.05) is 43.3 Å². The highest BCUT2D eigenvalue weighted by Gasteiger charge is 2.04. The molecule has 0 radical (unpaired) electrons. The minimum atomic E-state index is -3.34. The van der Waals surface area contributed by atoms with Crippen LogP contribution >= 0.6 is 0 Å². The Hall–Kier alpha value is -1.83. The van der Waals surface area contributed by atoms with Gasteiger partial charge >= 0.3 is 0 Å². The molecule has 0 spiro atoms. The molecule has 1 N–H and O–H groups in total. The number of azo groups is 1. The van der Waals surface area contributed by atoms with Crippen LogP contribution in [0.25, 0.3) is 0 Å². The molecule has 7 heteroatoms. The maximum atomic E-state index is 11.3. The highest BCUT2D eigenvalue weighted by atomic mass is 32.8. The van der Waals surface area contributed by atoms with Crippen LogP contribution in [0.3, 0.4) is 0 Å². The second kappa shape index (κ2) is 6.30. The Balaban J connectivity index is 2.14. The summed E-state index contributed by atoms with van der Waals surface area (Å²) in [6.45, 7) is 0. The Labute approximate surface area is 128 Å². The van der Waals surface area contributed by atoms with Gasteiger partial charge in [0.2, 0.25) is 0 Å². The number of benzene rings is 2. The Bertz CT molecular complexity index is 737. The number of nitrogens with zero attached hydrogens (tertiary/aromatic N) is 3. The molecule has 0 saturated heterocycles. The van der Waals surface area contributed by atoms with Crippen molar-refractivity contribution in [3.05, 3.63) is 48.5 Å². The van der Waals surface area contributed by atoms with Crippen LogP contribution in [0.15, 0.2) is 63.7 Å². The van der Waals surface area contributed by atoms with E-state index in [0.717, 1.165) is 11.4 Å².